The lowest BCUT2D eigenvalue weighted by Gasteiger charge is -2.32. The first kappa shape index (κ1) is 14.4. The van der Waals surface area contributed by atoms with Crippen molar-refractivity contribution in [3.63, 3.8) is 0 Å². The summed E-state index contributed by atoms with van der Waals surface area (Å²) in [5, 5.41) is 11.5. The van der Waals surface area contributed by atoms with E-state index in [9.17, 15) is 14.4 Å². The zero-order valence-corrected chi connectivity index (χ0v) is 12.7. The lowest BCUT2D eigenvalue weighted by Crippen LogP contribution is -2.55. The van der Waals surface area contributed by atoms with E-state index < -0.39 is 29.9 Å². The number of fused-ring (bicyclic) bond motifs is 1. The molecule has 4 rings (SSSR count). The summed E-state index contributed by atoms with van der Waals surface area (Å²) >= 11 is 0. The van der Waals surface area contributed by atoms with E-state index in [0.717, 1.165) is 9.92 Å². The summed E-state index contributed by atoms with van der Waals surface area (Å²) in [4.78, 5) is 43.1. The molecule has 0 spiro atoms. The first-order chi connectivity index (χ1) is 11.5. The molecule has 2 amide bonds. The number of carbonyl (C=O) groups excluding carboxylic acids is 2. The first-order valence-corrected chi connectivity index (χ1v) is 7.37. The summed E-state index contributed by atoms with van der Waals surface area (Å²) in [6.07, 6.45) is -0.876. The van der Waals surface area contributed by atoms with Gasteiger partial charge in [0.2, 0.25) is 6.23 Å². The fourth-order valence-electron chi connectivity index (χ4n) is 2.73. The molecule has 126 valence electrons. The maximum atomic E-state index is 12.3. The van der Waals surface area contributed by atoms with Gasteiger partial charge in [0.1, 0.15) is 5.02 Å². The molecule has 24 heavy (non-hydrogen) atoms. The summed E-state index contributed by atoms with van der Waals surface area (Å²) in [6.45, 7) is 2.16. The zero-order valence-electron chi connectivity index (χ0n) is 12.7. The van der Waals surface area contributed by atoms with Crippen molar-refractivity contribution in [2.24, 2.45) is 5.92 Å². The van der Waals surface area contributed by atoms with Crippen molar-refractivity contribution in [3.8, 4) is 0 Å². The summed E-state index contributed by atoms with van der Waals surface area (Å²) in [6, 6.07) is 6.57. The molecule has 1 unspecified atom stereocenters. The zero-order chi connectivity index (χ0) is 17.0. The van der Waals surface area contributed by atoms with Gasteiger partial charge in [-0.25, -0.2) is 4.90 Å². The molecule has 1 atom stereocenters. The van der Waals surface area contributed by atoms with E-state index >= 15 is 0 Å². The van der Waals surface area contributed by atoms with Crippen LogP contribution in [0.2, 0.25) is 0 Å². The van der Waals surface area contributed by atoms with Gasteiger partial charge in [-0.1, -0.05) is 12.1 Å². The van der Waals surface area contributed by atoms with Crippen molar-refractivity contribution in [2.75, 3.05) is 18.1 Å². The van der Waals surface area contributed by atoms with Gasteiger partial charge < -0.3 is 9.94 Å². The maximum absolute atomic E-state index is 12.3. The van der Waals surface area contributed by atoms with E-state index in [1.807, 2.05) is 0 Å². The van der Waals surface area contributed by atoms with Crippen LogP contribution in [-0.2, 0) is 4.79 Å². The van der Waals surface area contributed by atoms with Gasteiger partial charge in [0, 0.05) is 4.96 Å². The molecule has 0 aliphatic carbocycles. The van der Waals surface area contributed by atoms with Crippen molar-refractivity contribution in [2.45, 2.75) is 13.2 Å². The quantitative estimate of drug-likeness (QED) is 0.741. The van der Waals surface area contributed by atoms with Gasteiger partial charge in [0.15, 0.2) is 0 Å². The molecule has 3 heterocycles. The number of nitrogens with zero attached hydrogens (tertiary/aromatic N) is 4. The average Bonchev–Trinajstić information content (AvgIpc) is 3.17. The van der Waals surface area contributed by atoms with Crippen molar-refractivity contribution in [1.82, 2.24) is 14.9 Å². The largest absolute Gasteiger partial charge is 0.481 e. The Morgan fingerprint density at radius 2 is 1.83 bits per heavy atom. The number of benzene rings is 1. The molecule has 1 saturated heterocycles. The molecule has 1 aromatic carbocycles. The molecule has 10 nitrogen and oxygen atoms in total. The van der Waals surface area contributed by atoms with Crippen LogP contribution in [0.4, 0.5) is 0 Å². The number of aliphatic carboxylic acids is 1. The van der Waals surface area contributed by atoms with Gasteiger partial charge in [0.05, 0.1) is 30.1 Å². The molecular formula is C14H14N4O6. The van der Waals surface area contributed by atoms with Crippen molar-refractivity contribution in [1.29, 1.82) is 0 Å². The number of hydrogen-bond acceptors (Lipinski definition) is 6. The Labute approximate surface area is 135 Å². The highest BCUT2D eigenvalue weighted by atomic mass is 17.0. The molecule has 0 radical (unpaired) electrons. The number of aromatic nitrogens is 2. The number of carbonyl (C=O) groups is 3. The minimum Gasteiger partial charge on any atom is -0.481 e. The summed E-state index contributed by atoms with van der Waals surface area (Å²) in [5.41, 5.74) is 0.683. The van der Waals surface area contributed by atoms with Crippen LogP contribution in [-0.4, -0.2) is 57.1 Å². The Morgan fingerprint density at radius 3 is 2.38 bits per heavy atom. The normalized spacial score (nSPS) is 18.7. The molecule has 1 aromatic heterocycles. The van der Waals surface area contributed by atoms with Crippen LogP contribution in [0, 0.1) is 5.92 Å². The summed E-state index contributed by atoms with van der Waals surface area (Å²) < 4.78 is 5.05. The van der Waals surface area contributed by atoms with Gasteiger partial charge in [-0.3, -0.25) is 19.4 Å². The van der Waals surface area contributed by atoms with Crippen LogP contribution in [0.5, 0.6) is 0 Å². The van der Waals surface area contributed by atoms with E-state index in [2.05, 4.69) is 0 Å². The van der Waals surface area contributed by atoms with Gasteiger partial charge in [0.25, 0.3) is 11.8 Å². The van der Waals surface area contributed by atoms with Crippen LogP contribution in [0.15, 0.2) is 28.9 Å². The van der Waals surface area contributed by atoms with Crippen LogP contribution in [0.3, 0.4) is 0 Å². The Hall–Kier alpha value is -3.17. The smallest absolute Gasteiger partial charge is 0.310 e. The van der Waals surface area contributed by atoms with E-state index in [-0.39, 0.29) is 0 Å². The van der Waals surface area contributed by atoms with Gasteiger partial charge in [-0.15, -0.1) is 0 Å². The Bertz CT molecular complexity index is 792. The maximum Gasteiger partial charge on any atom is 0.310 e. The van der Waals surface area contributed by atoms with Crippen molar-refractivity contribution >= 4 is 17.8 Å². The highest BCUT2D eigenvalue weighted by molar-refractivity contribution is 6.21. The predicted molar refractivity (Wildman–Crippen MR) is 76.7 cm³/mol. The molecule has 1 N–H and O–H groups in total. The molecule has 0 bridgehead atoms. The van der Waals surface area contributed by atoms with Crippen LogP contribution < -0.4 is 9.85 Å². The molecule has 2 aliphatic rings. The number of hydrogen-bond donors (Lipinski definition) is 1. The van der Waals surface area contributed by atoms with E-state index in [1.165, 1.54) is 4.96 Å². The lowest BCUT2D eigenvalue weighted by molar-refractivity contribution is -0.143. The van der Waals surface area contributed by atoms with E-state index in [0.29, 0.717) is 24.2 Å². The first-order valence-electron chi connectivity index (χ1n) is 7.37. The predicted octanol–water partition coefficient (Wildman–Crippen LogP) is -0.394. The summed E-state index contributed by atoms with van der Waals surface area (Å²) in [7, 11) is 0. The molecule has 1 fully saturated rings. The minimum atomic E-state index is -0.876. The molecule has 0 saturated carbocycles. The topological polar surface area (TPSA) is 110 Å². The highest BCUT2D eigenvalue weighted by Crippen LogP contribution is 2.24. The van der Waals surface area contributed by atoms with Gasteiger partial charge >= 0.3 is 5.97 Å². The third-order valence-corrected chi connectivity index (χ3v) is 4.14. The Balaban J connectivity index is 1.41. The Morgan fingerprint density at radius 1 is 1.25 bits per heavy atom. The second-order valence-electron chi connectivity index (χ2n) is 5.71. The third kappa shape index (κ3) is 2.07. The summed E-state index contributed by atoms with van der Waals surface area (Å²) in [5.74, 6) is -2.15. The fraction of sp³-hybridized carbons (Fsp3) is 0.357. The highest BCUT2D eigenvalue weighted by Gasteiger charge is 2.42. The van der Waals surface area contributed by atoms with Crippen LogP contribution in [0.25, 0.3) is 0 Å². The number of imide groups is 1. The SMILES string of the molecule is CC(On1on1N1CC(C(=O)O)C1)N1C(=O)c2ccccc2C1=O. The third-order valence-electron chi connectivity index (χ3n) is 4.14. The minimum absolute atomic E-state index is 0.302. The van der Waals surface area contributed by atoms with Crippen LogP contribution >= 0.6 is 0 Å². The average molecular weight is 334 g/mol. The molecule has 2 aliphatic heterocycles. The fourth-order valence-corrected chi connectivity index (χ4v) is 2.73. The van der Waals surface area contributed by atoms with Crippen molar-refractivity contribution in [3.05, 3.63) is 35.4 Å². The second kappa shape index (κ2) is 4.91. The van der Waals surface area contributed by atoms with Crippen molar-refractivity contribution < 1.29 is 29.0 Å². The standard InChI is InChI=1S/C14H14N4O6/c1-8(16-12(19)10-4-2-3-5-11(10)13(16)20)23-18-17(24-18)15-6-9(7-15)14(21)22/h2-5,8-9H,6-7H2,1H3,(H,21,22). The number of amides is 2. The van der Waals surface area contributed by atoms with E-state index in [4.69, 9.17) is 14.6 Å². The number of carboxylic acids is 1. The van der Waals surface area contributed by atoms with Gasteiger partial charge in [-0.05, 0) is 19.1 Å². The van der Waals surface area contributed by atoms with Crippen LogP contribution in [0.1, 0.15) is 27.6 Å². The lowest BCUT2D eigenvalue weighted by atomic mass is 10.0. The second-order valence-corrected chi connectivity index (χ2v) is 5.71. The molecule has 2 aromatic rings. The molecule has 10 heteroatoms. The molecular weight excluding hydrogens is 320 g/mol. The number of carboxylic acid groups (broad SMARTS) is 1. The van der Waals surface area contributed by atoms with Gasteiger partial charge in [-0.2, -0.15) is 4.63 Å². The monoisotopic (exact) mass is 334 g/mol. The van der Waals surface area contributed by atoms with E-state index in [1.54, 1.807) is 36.2 Å². The Kier molecular flexibility index (Phi) is 2.95. The number of rotatable bonds is 5.